The smallest absolute Gasteiger partial charge is 0.134 e. The third kappa shape index (κ3) is 1.34. The highest BCUT2D eigenvalue weighted by molar-refractivity contribution is 7.19. The molecule has 0 fully saturated rings. The van der Waals surface area contributed by atoms with Crippen LogP contribution in [0.2, 0.25) is 0 Å². The zero-order valence-electron chi connectivity index (χ0n) is 7.74. The molecular formula is C11H9NOS. The normalized spacial score (nSPS) is 10.3. The molecule has 2 rings (SSSR count). The molecule has 0 amide bonds. The summed E-state index contributed by atoms with van der Waals surface area (Å²) in [5.41, 5.74) is 0.345. The van der Waals surface area contributed by atoms with Crippen molar-refractivity contribution in [3.8, 4) is 11.8 Å². The predicted molar refractivity (Wildman–Crippen MR) is 57.6 cm³/mol. The van der Waals surface area contributed by atoms with Crippen molar-refractivity contribution in [2.75, 3.05) is 0 Å². The van der Waals surface area contributed by atoms with E-state index in [0.717, 1.165) is 16.5 Å². The van der Waals surface area contributed by atoms with Gasteiger partial charge in [-0.2, -0.15) is 5.26 Å². The number of fused-ring (bicyclic) bond motifs is 1. The Morgan fingerprint density at radius 3 is 2.86 bits per heavy atom. The molecule has 1 heterocycles. The number of thiophene rings is 1. The van der Waals surface area contributed by atoms with Crippen LogP contribution in [-0.2, 0) is 6.42 Å². The van der Waals surface area contributed by atoms with Gasteiger partial charge in [-0.15, -0.1) is 11.3 Å². The maximum atomic E-state index is 9.47. The van der Waals surface area contributed by atoms with Gasteiger partial charge in [0.15, 0.2) is 0 Å². The topological polar surface area (TPSA) is 44.0 Å². The Balaban J connectivity index is 2.71. The van der Waals surface area contributed by atoms with Gasteiger partial charge in [-0.3, -0.25) is 0 Å². The van der Waals surface area contributed by atoms with Crippen LogP contribution in [-0.4, -0.2) is 5.11 Å². The van der Waals surface area contributed by atoms with Crippen molar-refractivity contribution in [2.24, 2.45) is 0 Å². The summed E-state index contributed by atoms with van der Waals surface area (Å²) in [6, 6.07) is 7.44. The summed E-state index contributed by atoms with van der Waals surface area (Å²) < 4.78 is 1.04. The Morgan fingerprint density at radius 1 is 1.43 bits per heavy atom. The average molecular weight is 203 g/mol. The van der Waals surface area contributed by atoms with Crippen LogP contribution in [0.5, 0.6) is 5.75 Å². The summed E-state index contributed by atoms with van der Waals surface area (Å²) in [7, 11) is 0. The van der Waals surface area contributed by atoms with Crippen molar-refractivity contribution in [3.63, 3.8) is 0 Å². The van der Waals surface area contributed by atoms with Gasteiger partial charge in [0, 0.05) is 9.58 Å². The molecule has 1 N–H and O–H groups in total. The van der Waals surface area contributed by atoms with Crippen molar-refractivity contribution in [1.82, 2.24) is 0 Å². The van der Waals surface area contributed by atoms with E-state index in [0.29, 0.717) is 5.56 Å². The van der Waals surface area contributed by atoms with Gasteiger partial charge in [0.25, 0.3) is 0 Å². The second-order valence-electron chi connectivity index (χ2n) is 3.09. The van der Waals surface area contributed by atoms with Crippen molar-refractivity contribution < 1.29 is 5.11 Å². The zero-order valence-corrected chi connectivity index (χ0v) is 8.56. The van der Waals surface area contributed by atoms with Crippen molar-refractivity contribution in [2.45, 2.75) is 13.3 Å². The molecule has 0 atom stereocenters. The quantitative estimate of drug-likeness (QED) is 0.774. The molecule has 0 spiro atoms. The molecule has 0 aliphatic carbocycles. The maximum Gasteiger partial charge on any atom is 0.134 e. The van der Waals surface area contributed by atoms with Gasteiger partial charge < -0.3 is 5.11 Å². The lowest BCUT2D eigenvalue weighted by atomic mass is 10.1. The Labute approximate surface area is 86.0 Å². The number of aryl methyl sites for hydroxylation is 1. The lowest BCUT2D eigenvalue weighted by Crippen LogP contribution is -1.74. The highest BCUT2D eigenvalue weighted by atomic mass is 32.1. The van der Waals surface area contributed by atoms with Crippen LogP contribution in [0.3, 0.4) is 0 Å². The summed E-state index contributed by atoms with van der Waals surface area (Å²) in [5, 5.41) is 19.3. The number of aromatic hydroxyl groups is 1. The van der Waals surface area contributed by atoms with Gasteiger partial charge in [0.1, 0.15) is 11.8 Å². The van der Waals surface area contributed by atoms with Crippen LogP contribution in [0.15, 0.2) is 18.2 Å². The van der Waals surface area contributed by atoms with Gasteiger partial charge in [0.2, 0.25) is 0 Å². The van der Waals surface area contributed by atoms with Crippen molar-refractivity contribution in [1.29, 1.82) is 5.26 Å². The molecule has 3 heteroatoms. The van der Waals surface area contributed by atoms with E-state index in [1.807, 2.05) is 6.07 Å². The number of hydrogen-bond acceptors (Lipinski definition) is 3. The number of nitrogens with zero attached hydrogens (tertiary/aromatic N) is 1. The van der Waals surface area contributed by atoms with E-state index < -0.39 is 0 Å². The molecule has 0 radical (unpaired) electrons. The second-order valence-corrected chi connectivity index (χ2v) is 4.25. The maximum absolute atomic E-state index is 9.47. The summed E-state index contributed by atoms with van der Waals surface area (Å²) in [5.74, 6) is 0.0736. The Bertz CT molecular complexity index is 522. The van der Waals surface area contributed by atoms with Crippen LogP contribution in [0, 0.1) is 11.3 Å². The number of hydrogen-bond donors (Lipinski definition) is 1. The molecule has 1 aromatic heterocycles. The average Bonchev–Trinajstić information content (AvgIpc) is 2.58. The van der Waals surface area contributed by atoms with E-state index in [2.05, 4.69) is 13.0 Å². The van der Waals surface area contributed by atoms with E-state index >= 15 is 0 Å². The number of rotatable bonds is 1. The minimum atomic E-state index is 0.0736. The lowest BCUT2D eigenvalue weighted by molar-refractivity contribution is 0.474. The minimum absolute atomic E-state index is 0.0736. The fourth-order valence-corrected chi connectivity index (χ4v) is 2.41. The summed E-state index contributed by atoms with van der Waals surface area (Å²) in [6.07, 6.45) is 0.988. The summed E-state index contributed by atoms with van der Waals surface area (Å²) in [6.45, 7) is 2.09. The predicted octanol–water partition coefficient (Wildman–Crippen LogP) is 3.04. The summed E-state index contributed by atoms with van der Waals surface area (Å²) in [4.78, 5) is 1.27. The van der Waals surface area contributed by atoms with Gasteiger partial charge >= 0.3 is 0 Å². The third-order valence-corrected chi connectivity index (χ3v) is 3.40. The SMILES string of the molecule is CCc1cc2cc(C#N)c(O)cc2s1. The first-order valence-corrected chi connectivity index (χ1v) is 5.21. The first kappa shape index (κ1) is 9.04. The number of phenolic OH excluding ortho intramolecular Hbond substituents is 1. The first-order valence-electron chi connectivity index (χ1n) is 4.40. The number of benzene rings is 1. The van der Waals surface area contributed by atoms with Gasteiger partial charge in [-0.05, 0) is 30.0 Å². The number of nitriles is 1. The van der Waals surface area contributed by atoms with E-state index in [1.54, 1.807) is 23.5 Å². The minimum Gasteiger partial charge on any atom is -0.507 e. The molecule has 0 saturated carbocycles. The molecule has 0 bridgehead atoms. The highest BCUT2D eigenvalue weighted by Gasteiger charge is 2.05. The van der Waals surface area contributed by atoms with Crippen LogP contribution >= 0.6 is 11.3 Å². The van der Waals surface area contributed by atoms with E-state index in [4.69, 9.17) is 5.26 Å². The van der Waals surface area contributed by atoms with Gasteiger partial charge in [-0.25, -0.2) is 0 Å². The largest absolute Gasteiger partial charge is 0.507 e. The monoisotopic (exact) mass is 203 g/mol. The van der Waals surface area contributed by atoms with Crippen LogP contribution in [0.25, 0.3) is 10.1 Å². The molecule has 2 aromatic rings. The first-order chi connectivity index (χ1) is 6.74. The molecule has 1 aromatic carbocycles. The molecule has 0 unspecified atom stereocenters. The third-order valence-electron chi connectivity index (χ3n) is 2.15. The molecular weight excluding hydrogens is 194 g/mol. The zero-order chi connectivity index (χ0) is 10.1. The second kappa shape index (κ2) is 3.32. The van der Waals surface area contributed by atoms with Crippen molar-refractivity contribution in [3.05, 3.63) is 28.6 Å². The van der Waals surface area contributed by atoms with Crippen LogP contribution in [0.1, 0.15) is 17.4 Å². The van der Waals surface area contributed by atoms with E-state index in [-0.39, 0.29) is 5.75 Å². The highest BCUT2D eigenvalue weighted by Crippen LogP contribution is 2.31. The molecule has 2 nitrogen and oxygen atoms in total. The fourth-order valence-electron chi connectivity index (χ4n) is 1.39. The van der Waals surface area contributed by atoms with Crippen molar-refractivity contribution >= 4 is 21.4 Å². The molecule has 70 valence electrons. The van der Waals surface area contributed by atoms with E-state index in [1.165, 1.54) is 4.88 Å². The van der Waals surface area contributed by atoms with E-state index in [9.17, 15) is 5.11 Å². The van der Waals surface area contributed by atoms with Crippen LogP contribution < -0.4 is 0 Å². The van der Waals surface area contributed by atoms with Crippen LogP contribution in [0.4, 0.5) is 0 Å². The van der Waals surface area contributed by atoms with Gasteiger partial charge in [0.05, 0.1) is 5.56 Å². The molecule has 0 aliphatic heterocycles. The Hall–Kier alpha value is -1.53. The fraction of sp³-hybridized carbons (Fsp3) is 0.182. The van der Waals surface area contributed by atoms with Gasteiger partial charge in [-0.1, -0.05) is 6.92 Å². The number of phenols is 1. The molecule has 0 aliphatic rings. The standard InChI is InChI=1S/C11H9NOS/c1-2-9-4-7-3-8(6-12)10(13)5-11(7)14-9/h3-5,13H,2H2,1H3. The molecule has 0 saturated heterocycles. The molecule has 14 heavy (non-hydrogen) atoms. The Morgan fingerprint density at radius 2 is 2.21 bits per heavy atom. The lowest BCUT2D eigenvalue weighted by Gasteiger charge is -1.94. The Kier molecular flexibility index (Phi) is 2.14. The summed E-state index contributed by atoms with van der Waals surface area (Å²) >= 11 is 1.66.